The summed E-state index contributed by atoms with van der Waals surface area (Å²) in [6, 6.07) is 0. The van der Waals surface area contributed by atoms with Crippen LogP contribution in [0, 0.1) is 28.6 Å². The van der Waals surface area contributed by atoms with Crippen LogP contribution in [0.5, 0.6) is 0 Å². The Morgan fingerprint density at radius 3 is 2.59 bits per heavy atom. The van der Waals surface area contributed by atoms with Crippen molar-refractivity contribution in [2.24, 2.45) is 28.6 Å². The molecule has 0 aromatic heterocycles. The Kier molecular flexibility index (Phi) is 5.33. The van der Waals surface area contributed by atoms with Crippen molar-refractivity contribution in [3.05, 3.63) is 23.8 Å². The molecule has 0 spiro atoms. The van der Waals surface area contributed by atoms with Gasteiger partial charge in [0.05, 0.1) is 0 Å². The maximum Gasteiger partial charge on any atom is 0.305 e. The number of hydrogen-bond donors (Lipinski definition) is 2. The molecular weight excluding hydrogens is 415 g/mol. The van der Waals surface area contributed by atoms with Gasteiger partial charge < -0.3 is 14.9 Å². The number of allylic oxidation sites excluding steroid dienone is 4. The van der Waals surface area contributed by atoms with Crippen molar-refractivity contribution in [3.8, 4) is 0 Å². The van der Waals surface area contributed by atoms with Crippen LogP contribution < -0.4 is 0 Å². The molecular formula is C25H33FO6. The molecule has 0 aliphatic heterocycles. The van der Waals surface area contributed by atoms with Crippen LogP contribution in [0.2, 0.25) is 0 Å². The molecule has 0 saturated heterocycles. The number of esters is 1. The lowest BCUT2D eigenvalue weighted by atomic mass is 9.44. The van der Waals surface area contributed by atoms with E-state index in [1.165, 1.54) is 12.2 Å². The Morgan fingerprint density at radius 1 is 1.28 bits per heavy atom. The van der Waals surface area contributed by atoms with E-state index in [1.54, 1.807) is 33.8 Å². The molecule has 32 heavy (non-hydrogen) atoms. The molecule has 8 atom stereocenters. The molecule has 0 bridgehead atoms. The highest BCUT2D eigenvalue weighted by Gasteiger charge is 2.76. The van der Waals surface area contributed by atoms with Crippen LogP contribution in [-0.2, 0) is 19.1 Å². The van der Waals surface area contributed by atoms with E-state index in [2.05, 4.69) is 0 Å². The molecule has 3 fully saturated rings. The number of Topliss-reactive ketones (excluding diaryl/α,β-unsaturated/α-hetero) is 1. The lowest BCUT2D eigenvalue weighted by molar-refractivity contribution is -0.230. The highest BCUT2D eigenvalue weighted by Crippen LogP contribution is 2.71. The first-order chi connectivity index (χ1) is 14.9. The average Bonchev–Trinajstić information content (AvgIpc) is 2.96. The van der Waals surface area contributed by atoms with Crippen molar-refractivity contribution in [3.63, 3.8) is 0 Å². The number of alkyl halides is 1. The normalized spacial score (nSPS) is 47.2. The van der Waals surface area contributed by atoms with Gasteiger partial charge in [0, 0.05) is 23.2 Å². The van der Waals surface area contributed by atoms with E-state index in [1.807, 2.05) is 0 Å². The molecule has 176 valence electrons. The van der Waals surface area contributed by atoms with Crippen LogP contribution in [0.1, 0.15) is 59.8 Å². The minimum Gasteiger partial charge on any atom is -0.459 e. The maximum absolute atomic E-state index is 17.6. The van der Waals surface area contributed by atoms with E-state index < -0.39 is 58.4 Å². The molecule has 3 saturated carbocycles. The molecule has 0 aromatic rings. The van der Waals surface area contributed by atoms with E-state index in [9.17, 15) is 24.6 Å². The van der Waals surface area contributed by atoms with Crippen LogP contribution in [-0.4, -0.2) is 51.7 Å². The molecule has 4 aliphatic carbocycles. The van der Waals surface area contributed by atoms with E-state index in [4.69, 9.17) is 4.74 Å². The monoisotopic (exact) mass is 448 g/mol. The van der Waals surface area contributed by atoms with Gasteiger partial charge in [-0.15, -0.1) is 0 Å². The smallest absolute Gasteiger partial charge is 0.305 e. The first-order valence-electron chi connectivity index (χ1n) is 11.6. The van der Waals surface area contributed by atoms with Crippen LogP contribution in [0.15, 0.2) is 23.8 Å². The number of carbonyl (C=O) groups excluding carboxylic acids is 3. The molecule has 8 unspecified atom stereocenters. The Labute approximate surface area is 187 Å². The number of rotatable bonds is 4. The van der Waals surface area contributed by atoms with Crippen molar-refractivity contribution < 1.29 is 33.7 Å². The Hall–Kier alpha value is -1.86. The van der Waals surface area contributed by atoms with Gasteiger partial charge in [-0.1, -0.05) is 32.4 Å². The van der Waals surface area contributed by atoms with Crippen LogP contribution in [0.3, 0.4) is 0 Å². The van der Waals surface area contributed by atoms with Gasteiger partial charge >= 0.3 is 5.97 Å². The van der Waals surface area contributed by atoms with Gasteiger partial charge in [0.25, 0.3) is 0 Å². The second-order valence-electron chi connectivity index (χ2n) is 10.6. The van der Waals surface area contributed by atoms with Gasteiger partial charge in [-0.2, -0.15) is 0 Å². The van der Waals surface area contributed by atoms with Gasteiger partial charge in [0.2, 0.25) is 0 Å². The Bertz CT molecular complexity index is 925. The standard InChI is InChI=1S/C25H33FO6/c1-5-21(30)32-20-12-23(4)18(10-14(2)25(23,31)19(29)13-27)17-7-6-15-11-16(28)8-9-22(15,3)24(17,20)26/h8-9,11,14,17-18,20,27,31H,5-7,10,12-13H2,1-4H3. The van der Waals surface area contributed by atoms with Gasteiger partial charge in [0.15, 0.2) is 17.2 Å². The second-order valence-corrected chi connectivity index (χ2v) is 10.6. The molecule has 0 amide bonds. The summed E-state index contributed by atoms with van der Waals surface area (Å²) in [5.41, 5.74) is -5.32. The summed E-state index contributed by atoms with van der Waals surface area (Å²) in [4.78, 5) is 37.2. The number of halogens is 1. The molecule has 0 aromatic carbocycles. The average molecular weight is 449 g/mol. The molecule has 4 aliphatic rings. The molecule has 0 radical (unpaired) electrons. The van der Waals surface area contributed by atoms with Crippen molar-refractivity contribution in [2.75, 3.05) is 6.61 Å². The highest BCUT2D eigenvalue weighted by atomic mass is 19.1. The molecule has 0 heterocycles. The van der Waals surface area contributed by atoms with E-state index in [-0.39, 0.29) is 24.5 Å². The van der Waals surface area contributed by atoms with Crippen LogP contribution in [0.4, 0.5) is 4.39 Å². The van der Waals surface area contributed by atoms with Gasteiger partial charge in [0.1, 0.15) is 18.3 Å². The third-order valence-electron chi connectivity index (χ3n) is 9.33. The number of fused-ring (bicyclic) bond motifs is 5. The third-order valence-corrected chi connectivity index (χ3v) is 9.33. The lowest BCUT2D eigenvalue weighted by Gasteiger charge is -2.63. The number of aliphatic hydroxyl groups excluding tert-OH is 1. The first kappa shape index (κ1) is 23.3. The summed E-state index contributed by atoms with van der Waals surface area (Å²) in [7, 11) is 0. The number of hydrogen-bond acceptors (Lipinski definition) is 6. The summed E-state index contributed by atoms with van der Waals surface area (Å²) in [5.74, 6) is -2.81. The van der Waals surface area contributed by atoms with Gasteiger partial charge in [-0.25, -0.2) is 4.39 Å². The zero-order chi connectivity index (χ0) is 23.7. The maximum atomic E-state index is 17.6. The first-order valence-corrected chi connectivity index (χ1v) is 11.6. The topological polar surface area (TPSA) is 101 Å². The van der Waals surface area contributed by atoms with Crippen molar-refractivity contribution >= 4 is 17.5 Å². The second kappa shape index (κ2) is 7.32. The fourth-order valence-electron chi connectivity index (χ4n) is 7.59. The predicted octanol–water partition coefficient (Wildman–Crippen LogP) is 2.86. The quantitative estimate of drug-likeness (QED) is 0.642. The summed E-state index contributed by atoms with van der Waals surface area (Å²) in [5, 5.41) is 21.3. The lowest BCUT2D eigenvalue weighted by Crippen LogP contribution is -2.70. The third kappa shape index (κ3) is 2.67. The van der Waals surface area contributed by atoms with Crippen molar-refractivity contribution in [1.82, 2.24) is 0 Å². The van der Waals surface area contributed by atoms with E-state index in [0.29, 0.717) is 24.8 Å². The Balaban J connectivity index is 1.89. The van der Waals surface area contributed by atoms with Gasteiger partial charge in [-0.05, 0) is 56.6 Å². The number of aliphatic hydroxyl groups is 2. The minimum absolute atomic E-state index is 0.0341. The molecule has 7 heteroatoms. The fourth-order valence-corrected chi connectivity index (χ4v) is 7.59. The minimum atomic E-state index is -1.99. The largest absolute Gasteiger partial charge is 0.459 e. The van der Waals surface area contributed by atoms with E-state index >= 15 is 4.39 Å². The summed E-state index contributed by atoms with van der Waals surface area (Å²) in [6.45, 7) is 6.12. The predicted molar refractivity (Wildman–Crippen MR) is 114 cm³/mol. The van der Waals surface area contributed by atoms with Gasteiger partial charge in [-0.3, -0.25) is 14.4 Å². The van der Waals surface area contributed by atoms with Crippen LogP contribution >= 0.6 is 0 Å². The summed E-state index contributed by atoms with van der Waals surface area (Å²) in [6.07, 6.45) is 4.69. The fraction of sp³-hybridized carbons (Fsp3) is 0.720. The number of ketones is 2. The zero-order valence-corrected chi connectivity index (χ0v) is 19.2. The summed E-state index contributed by atoms with van der Waals surface area (Å²) >= 11 is 0. The highest BCUT2D eigenvalue weighted by molar-refractivity contribution is 6.01. The van der Waals surface area contributed by atoms with E-state index in [0.717, 1.165) is 0 Å². The molecule has 2 N–H and O–H groups in total. The SMILES string of the molecule is CCC(=O)OC1CC2(C)C(CC(C)C2(O)C(=O)CO)C2CCC3=CC(=O)C=CC3(C)C12F. The van der Waals surface area contributed by atoms with Crippen molar-refractivity contribution in [2.45, 2.75) is 77.2 Å². The Morgan fingerprint density at radius 2 is 1.97 bits per heavy atom. The molecule has 4 rings (SSSR count). The number of ether oxygens (including phenoxy) is 1. The zero-order valence-electron chi connectivity index (χ0n) is 19.2. The number of carbonyl (C=O) groups is 3. The van der Waals surface area contributed by atoms with Crippen LogP contribution in [0.25, 0.3) is 0 Å². The van der Waals surface area contributed by atoms with Crippen molar-refractivity contribution in [1.29, 1.82) is 0 Å². The molecule has 6 nitrogen and oxygen atoms in total. The summed E-state index contributed by atoms with van der Waals surface area (Å²) < 4.78 is 23.3.